The number of ether oxygens (including phenoxy) is 1. The number of carboxylic acid groups (broad SMARTS) is 1. The van der Waals surface area contributed by atoms with E-state index in [-0.39, 0.29) is 0 Å². The third-order valence-electron chi connectivity index (χ3n) is 4.43. The van der Waals surface area contributed by atoms with E-state index < -0.39 is 16.5 Å². The number of unbranched alkanes of at least 4 members (excludes halogenated alkanes) is 1. The summed E-state index contributed by atoms with van der Waals surface area (Å²) in [4.78, 5) is 12.3. The molecule has 0 aliphatic carbocycles. The van der Waals surface area contributed by atoms with E-state index in [2.05, 4.69) is 13.0 Å². The molecule has 1 fully saturated rings. The molecule has 2 aromatic rings. The Morgan fingerprint density at radius 1 is 1.12 bits per heavy atom. The van der Waals surface area contributed by atoms with Gasteiger partial charge in [0.2, 0.25) is 0 Å². The average molecular weight is 348 g/mol. The van der Waals surface area contributed by atoms with Crippen molar-refractivity contribution >= 4 is 27.2 Å². The van der Waals surface area contributed by atoms with Crippen LogP contribution in [0.4, 0.5) is 4.79 Å². The van der Waals surface area contributed by atoms with Crippen molar-refractivity contribution in [2.75, 3.05) is 18.1 Å². The lowest BCUT2D eigenvalue weighted by Crippen LogP contribution is -2.12. The van der Waals surface area contributed by atoms with Gasteiger partial charge in [0.05, 0.1) is 6.61 Å². The van der Waals surface area contributed by atoms with Crippen molar-refractivity contribution in [1.29, 1.82) is 0 Å². The Kier molecular flexibility index (Phi) is 5.19. The second-order valence-electron chi connectivity index (χ2n) is 6.09. The fraction of sp³-hybridized carbons (Fsp3) is 0.421. The quantitative estimate of drug-likeness (QED) is 0.692. The summed E-state index contributed by atoms with van der Waals surface area (Å²) in [6.45, 7) is 2.84. The van der Waals surface area contributed by atoms with Crippen LogP contribution in [0.5, 0.6) is 5.75 Å². The fourth-order valence-corrected chi connectivity index (χ4v) is 6.69. The van der Waals surface area contributed by atoms with Gasteiger partial charge in [-0.15, -0.1) is 0 Å². The molecule has 1 aliphatic rings. The summed E-state index contributed by atoms with van der Waals surface area (Å²) in [6.07, 6.45) is 2.99. The van der Waals surface area contributed by atoms with Gasteiger partial charge in [-0.3, -0.25) is 0 Å². The maximum atomic E-state index is 11.3. The molecule has 1 saturated heterocycles. The van der Waals surface area contributed by atoms with Crippen LogP contribution in [-0.4, -0.2) is 29.4 Å². The summed E-state index contributed by atoms with van der Waals surface area (Å²) in [6, 6.07) is 12.1. The molecule has 0 atom stereocenters. The van der Waals surface area contributed by atoms with Gasteiger partial charge in [-0.1, -0.05) is 47.9 Å². The van der Waals surface area contributed by atoms with Crippen molar-refractivity contribution in [3.05, 3.63) is 36.4 Å². The number of carbonyl (C=O) groups is 1. The highest BCUT2D eigenvalue weighted by molar-refractivity contribution is 8.30. The van der Waals surface area contributed by atoms with Crippen molar-refractivity contribution < 1.29 is 18.8 Å². The SMILES string of the molecule is CCCCOc1ccc(S2(OC(=O)O)CCCC2)c2ccccc12. The Labute approximate surface area is 144 Å². The molecule has 4 nitrogen and oxygen atoms in total. The largest absolute Gasteiger partial charge is 0.516 e. The predicted molar refractivity (Wildman–Crippen MR) is 98.3 cm³/mol. The number of fused-ring (bicyclic) bond motifs is 1. The zero-order valence-corrected chi connectivity index (χ0v) is 14.8. The van der Waals surface area contributed by atoms with Gasteiger partial charge in [0.1, 0.15) is 5.75 Å². The zero-order chi connectivity index (χ0) is 17.0. The molecule has 0 aromatic heterocycles. The molecule has 0 unspecified atom stereocenters. The first-order chi connectivity index (χ1) is 11.7. The zero-order valence-electron chi connectivity index (χ0n) is 14.0. The van der Waals surface area contributed by atoms with Crippen LogP contribution in [0, 0.1) is 0 Å². The van der Waals surface area contributed by atoms with Crippen LogP contribution in [-0.2, 0) is 4.18 Å². The van der Waals surface area contributed by atoms with E-state index in [9.17, 15) is 9.90 Å². The third kappa shape index (κ3) is 3.31. The topological polar surface area (TPSA) is 55.8 Å². The van der Waals surface area contributed by atoms with Crippen LogP contribution in [0.3, 0.4) is 0 Å². The van der Waals surface area contributed by atoms with Gasteiger partial charge in [-0.05, 0) is 31.4 Å². The molecular weight excluding hydrogens is 324 g/mol. The summed E-state index contributed by atoms with van der Waals surface area (Å²) in [5.41, 5.74) is 0. The summed E-state index contributed by atoms with van der Waals surface area (Å²) in [5, 5.41) is 11.3. The first kappa shape index (κ1) is 17.0. The number of benzene rings is 2. The van der Waals surface area contributed by atoms with Crippen molar-refractivity contribution in [2.24, 2.45) is 0 Å². The monoisotopic (exact) mass is 348 g/mol. The van der Waals surface area contributed by atoms with E-state index in [0.29, 0.717) is 6.61 Å². The van der Waals surface area contributed by atoms with Gasteiger partial charge in [-0.2, -0.15) is 0 Å². The minimum absolute atomic E-state index is 0.698. The Balaban J connectivity index is 2.05. The van der Waals surface area contributed by atoms with E-state index in [0.717, 1.165) is 58.6 Å². The Hall–Kier alpha value is -1.88. The molecule has 3 rings (SSSR count). The number of hydrogen-bond donors (Lipinski definition) is 1. The fourth-order valence-electron chi connectivity index (χ4n) is 3.28. The Morgan fingerprint density at radius 3 is 2.50 bits per heavy atom. The molecule has 5 heteroatoms. The average Bonchev–Trinajstić information content (AvgIpc) is 3.03. The van der Waals surface area contributed by atoms with Crippen LogP contribution >= 0.6 is 10.3 Å². The molecule has 1 N–H and O–H groups in total. The van der Waals surface area contributed by atoms with Crippen LogP contribution in [0.1, 0.15) is 32.6 Å². The van der Waals surface area contributed by atoms with Crippen molar-refractivity contribution in [1.82, 2.24) is 0 Å². The first-order valence-corrected chi connectivity index (χ1v) is 10.4. The molecule has 130 valence electrons. The van der Waals surface area contributed by atoms with Gasteiger partial charge in [0.15, 0.2) is 0 Å². The molecule has 2 aromatic carbocycles. The van der Waals surface area contributed by atoms with E-state index >= 15 is 0 Å². The van der Waals surface area contributed by atoms with Crippen LogP contribution in [0.2, 0.25) is 0 Å². The minimum Gasteiger partial charge on any atom is -0.493 e. The lowest BCUT2D eigenvalue weighted by Gasteiger charge is -2.34. The molecule has 0 saturated carbocycles. The number of rotatable bonds is 6. The lowest BCUT2D eigenvalue weighted by atomic mass is 10.1. The van der Waals surface area contributed by atoms with Crippen molar-refractivity contribution in [3.8, 4) is 5.75 Å². The standard InChI is InChI=1S/C19H24O4S/c1-2-3-12-22-17-10-11-18(16-9-5-4-8-15(16)17)24(23-19(20)21)13-6-7-14-24/h4-5,8-11H,2-3,6-7,12-14H2,1H3,(H,20,21). The van der Waals surface area contributed by atoms with Crippen LogP contribution in [0.25, 0.3) is 10.8 Å². The molecule has 0 amide bonds. The number of hydrogen-bond acceptors (Lipinski definition) is 3. The Morgan fingerprint density at radius 2 is 1.83 bits per heavy atom. The normalized spacial score (nSPS) is 17.5. The van der Waals surface area contributed by atoms with Crippen molar-refractivity contribution in [3.63, 3.8) is 0 Å². The third-order valence-corrected chi connectivity index (χ3v) is 7.94. The molecule has 24 heavy (non-hydrogen) atoms. The predicted octanol–water partition coefficient (Wildman–Crippen LogP) is 5.59. The van der Waals surface area contributed by atoms with Crippen molar-refractivity contribution in [2.45, 2.75) is 37.5 Å². The van der Waals surface area contributed by atoms with Gasteiger partial charge in [-0.25, -0.2) is 4.79 Å². The maximum absolute atomic E-state index is 11.3. The summed E-state index contributed by atoms with van der Waals surface area (Å²) >= 11 is 0. The van der Waals surface area contributed by atoms with Gasteiger partial charge in [0, 0.05) is 27.2 Å². The van der Waals surface area contributed by atoms with E-state index in [1.165, 1.54) is 0 Å². The first-order valence-electron chi connectivity index (χ1n) is 8.52. The molecule has 1 heterocycles. The second-order valence-corrected chi connectivity index (χ2v) is 9.13. The molecular formula is C19H24O4S. The second kappa shape index (κ2) is 7.34. The highest BCUT2D eigenvalue weighted by Crippen LogP contribution is 2.63. The molecule has 0 radical (unpaired) electrons. The van der Waals surface area contributed by atoms with Crippen LogP contribution in [0.15, 0.2) is 41.3 Å². The van der Waals surface area contributed by atoms with Gasteiger partial charge in [0.25, 0.3) is 0 Å². The maximum Gasteiger partial charge on any atom is 0.516 e. The lowest BCUT2D eigenvalue weighted by molar-refractivity contribution is 0.150. The summed E-state index contributed by atoms with van der Waals surface area (Å²) in [5.74, 6) is 2.50. The summed E-state index contributed by atoms with van der Waals surface area (Å²) in [7, 11) is -1.76. The highest BCUT2D eigenvalue weighted by atomic mass is 32.3. The molecule has 0 spiro atoms. The van der Waals surface area contributed by atoms with E-state index in [1.807, 2.05) is 30.3 Å². The van der Waals surface area contributed by atoms with Gasteiger partial charge < -0.3 is 14.0 Å². The smallest absolute Gasteiger partial charge is 0.493 e. The summed E-state index contributed by atoms with van der Waals surface area (Å²) < 4.78 is 11.4. The van der Waals surface area contributed by atoms with E-state index in [1.54, 1.807) is 0 Å². The molecule has 1 aliphatic heterocycles. The highest BCUT2D eigenvalue weighted by Gasteiger charge is 2.36. The van der Waals surface area contributed by atoms with E-state index in [4.69, 9.17) is 8.92 Å². The minimum atomic E-state index is -1.76. The van der Waals surface area contributed by atoms with Gasteiger partial charge >= 0.3 is 6.16 Å². The van der Waals surface area contributed by atoms with Crippen LogP contribution < -0.4 is 4.74 Å². The Bertz CT molecular complexity index is 722. The molecule has 0 bridgehead atoms.